The van der Waals surface area contributed by atoms with Gasteiger partial charge in [-0.05, 0) is 24.6 Å². The Morgan fingerprint density at radius 1 is 1.24 bits per heavy atom. The maximum Gasteiger partial charge on any atom is 0.122 e. The zero-order valence-electron chi connectivity index (χ0n) is 11.7. The van der Waals surface area contributed by atoms with Crippen LogP contribution < -0.4 is 15.2 Å². The lowest BCUT2D eigenvalue weighted by Gasteiger charge is -2.25. The van der Waals surface area contributed by atoms with Crippen LogP contribution in [0.5, 0.6) is 11.5 Å². The highest BCUT2D eigenvalue weighted by molar-refractivity contribution is 5.95. The Hall–Kier alpha value is -2.49. The molecule has 21 heavy (non-hydrogen) atoms. The van der Waals surface area contributed by atoms with Crippen LogP contribution in [0.3, 0.4) is 0 Å². The van der Waals surface area contributed by atoms with Crippen LogP contribution in [0.15, 0.2) is 48.5 Å². The van der Waals surface area contributed by atoms with Gasteiger partial charge < -0.3 is 15.2 Å². The van der Waals surface area contributed by atoms with Gasteiger partial charge in [0.15, 0.2) is 0 Å². The molecule has 0 fully saturated rings. The Kier molecular flexibility index (Phi) is 3.77. The Morgan fingerprint density at radius 3 is 2.95 bits per heavy atom. The van der Waals surface area contributed by atoms with E-state index in [1.807, 2.05) is 30.3 Å². The maximum atomic E-state index is 7.46. The molecule has 1 heterocycles. The first-order chi connectivity index (χ1) is 10.2. The van der Waals surface area contributed by atoms with E-state index >= 15 is 0 Å². The summed E-state index contributed by atoms with van der Waals surface area (Å²) in [7, 11) is 0. The van der Waals surface area contributed by atoms with E-state index < -0.39 is 0 Å². The number of amidine groups is 1. The molecule has 0 amide bonds. The molecule has 1 aliphatic heterocycles. The summed E-state index contributed by atoms with van der Waals surface area (Å²) in [5, 5.41) is 7.46. The van der Waals surface area contributed by atoms with Gasteiger partial charge in [0.2, 0.25) is 0 Å². The Labute approximate surface area is 124 Å². The van der Waals surface area contributed by atoms with Gasteiger partial charge in [-0.1, -0.05) is 30.3 Å². The molecule has 0 bridgehead atoms. The Bertz CT molecular complexity index is 655. The summed E-state index contributed by atoms with van der Waals surface area (Å²) in [4.78, 5) is 0. The molecule has 2 aromatic carbocycles. The molecular formula is C17H18N2O2. The van der Waals surface area contributed by atoms with Crippen molar-refractivity contribution in [3.63, 3.8) is 0 Å². The third kappa shape index (κ3) is 2.99. The molecule has 4 heteroatoms. The Morgan fingerprint density at radius 2 is 2.10 bits per heavy atom. The molecular weight excluding hydrogens is 264 g/mol. The number of nitrogen functional groups attached to an aromatic ring is 1. The molecule has 0 saturated carbocycles. The summed E-state index contributed by atoms with van der Waals surface area (Å²) < 4.78 is 11.5. The number of nitrogens with one attached hydrogen (secondary N) is 1. The SMILES string of the molecule is N=C(N)c1cccc(OCC2CCOc3ccccc32)c1. The third-order valence-electron chi connectivity index (χ3n) is 3.68. The van der Waals surface area contributed by atoms with Crippen molar-refractivity contribution < 1.29 is 9.47 Å². The number of para-hydroxylation sites is 1. The van der Waals surface area contributed by atoms with Crippen LogP contribution in [-0.2, 0) is 0 Å². The topological polar surface area (TPSA) is 68.3 Å². The van der Waals surface area contributed by atoms with Crippen molar-refractivity contribution in [2.24, 2.45) is 5.73 Å². The van der Waals surface area contributed by atoms with Gasteiger partial charge in [0, 0.05) is 17.0 Å². The quantitative estimate of drug-likeness (QED) is 0.669. The van der Waals surface area contributed by atoms with E-state index in [-0.39, 0.29) is 5.84 Å². The van der Waals surface area contributed by atoms with E-state index in [0.717, 1.165) is 24.5 Å². The fraction of sp³-hybridized carbons (Fsp3) is 0.235. The molecule has 108 valence electrons. The van der Waals surface area contributed by atoms with Gasteiger partial charge in [-0.3, -0.25) is 5.41 Å². The first-order valence-electron chi connectivity index (χ1n) is 7.03. The first-order valence-corrected chi connectivity index (χ1v) is 7.03. The highest BCUT2D eigenvalue weighted by Crippen LogP contribution is 2.33. The summed E-state index contributed by atoms with van der Waals surface area (Å²) in [6.07, 6.45) is 0.948. The van der Waals surface area contributed by atoms with Crippen LogP contribution in [0.25, 0.3) is 0 Å². The number of hydrogen-bond donors (Lipinski definition) is 2. The molecule has 2 aromatic rings. The molecule has 1 unspecified atom stereocenters. The highest BCUT2D eigenvalue weighted by Gasteiger charge is 2.21. The van der Waals surface area contributed by atoms with Gasteiger partial charge in [-0.25, -0.2) is 0 Å². The lowest BCUT2D eigenvalue weighted by Crippen LogP contribution is -2.19. The minimum absolute atomic E-state index is 0.0527. The summed E-state index contributed by atoms with van der Waals surface area (Å²) in [6.45, 7) is 1.32. The number of rotatable bonds is 4. The van der Waals surface area contributed by atoms with E-state index in [4.69, 9.17) is 20.6 Å². The van der Waals surface area contributed by atoms with E-state index in [9.17, 15) is 0 Å². The summed E-state index contributed by atoms with van der Waals surface area (Å²) in [6, 6.07) is 15.4. The van der Waals surface area contributed by atoms with Crippen molar-refractivity contribution in [2.75, 3.05) is 13.2 Å². The van der Waals surface area contributed by atoms with Gasteiger partial charge in [0.05, 0.1) is 13.2 Å². The van der Waals surface area contributed by atoms with E-state index in [2.05, 4.69) is 6.07 Å². The third-order valence-corrected chi connectivity index (χ3v) is 3.68. The van der Waals surface area contributed by atoms with E-state index in [1.165, 1.54) is 5.56 Å². The van der Waals surface area contributed by atoms with Gasteiger partial charge in [0.1, 0.15) is 17.3 Å². The lowest BCUT2D eigenvalue weighted by molar-refractivity contribution is 0.217. The number of hydrogen-bond acceptors (Lipinski definition) is 3. The molecule has 0 aromatic heterocycles. The van der Waals surface area contributed by atoms with E-state index in [0.29, 0.717) is 18.1 Å². The first kappa shape index (κ1) is 13.5. The summed E-state index contributed by atoms with van der Waals surface area (Å²) in [5.74, 6) is 2.08. The fourth-order valence-corrected chi connectivity index (χ4v) is 2.54. The molecule has 3 N–H and O–H groups in total. The van der Waals surface area contributed by atoms with Crippen LogP contribution in [0, 0.1) is 5.41 Å². The molecule has 3 rings (SSSR count). The van der Waals surface area contributed by atoms with Crippen LogP contribution in [-0.4, -0.2) is 19.0 Å². The number of fused-ring (bicyclic) bond motifs is 1. The number of benzene rings is 2. The number of ether oxygens (including phenoxy) is 2. The van der Waals surface area contributed by atoms with Gasteiger partial charge in [-0.15, -0.1) is 0 Å². The molecule has 0 radical (unpaired) electrons. The average Bonchev–Trinajstić information content (AvgIpc) is 2.53. The van der Waals surface area contributed by atoms with Gasteiger partial charge in [-0.2, -0.15) is 0 Å². The molecule has 1 atom stereocenters. The zero-order valence-corrected chi connectivity index (χ0v) is 11.7. The summed E-state index contributed by atoms with van der Waals surface area (Å²) >= 11 is 0. The molecule has 0 spiro atoms. The second kappa shape index (κ2) is 5.87. The molecule has 0 saturated heterocycles. The number of nitrogens with two attached hydrogens (primary N) is 1. The van der Waals surface area contributed by atoms with Gasteiger partial charge >= 0.3 is 0 Å². The smallest absolute Gasteiger partial charge is 0.122 e. The molecule has 1 aliphatic rings. The average molecular weight is 282 g/mol. The molecule has 4 nitrogen and oxygen atoms in total. The Balaban J connectivity index is 1.71. The standard InChI is InChI=1S/C17H18N2O2/c18-17(19)12-4-3-5-14(10-12)21-11-13-8-9-20-16-7-2-1-6-15(13)16/h1-7,10,13H,8-9,11H2,(H3,18,19). The van der Waals surface area contributed by atoms with Crippen molar-refractivity contribution in [3.05, 3.63) is 59.7 Å². The monoisotopic (exact) mass is 282 g/mol. The summed E-state index contributed by atoms with van der Waals surface area (Å²) in [5.41, 5.74) is 7.38. The van der Waals surface area contributed by atoms with Crippen molar-refractivity contribution in [2.45, 2.75) is 12.3 Å². The second-order valence-electron chi connectivity index (χ2n) is 5.12. The second-order valence-corrected chi connectivity index (χ2v) is 5.12. The van der Waals surface area contributed by atoms with Gasteiger partial charge in [0.25, 0.3) is 0 Å². The minimum atomic E-state index is 0.0527. The van der Waals surface area contributed by atoms with Crippen LogP contribution in [0.4, 0.5) is 0 Å². The van der Waals surface area contributed by atoms with Crippen LogP contribution >= 0.6 is 0 Å². The highest BCUT2D eigenvalue weighted by atomic mass is 16.5. The fourth-order valence-electron chi connectivity index (χ4n) is 2.54. The van der Waals surface area contributed by atoms with Crippen LogP contribution in [0.1, 0.15) is 23.5 Å². The molecule has 0 aliphatic carbocycles. The van der Waals surface area contributed by atoms with Crippen molar-refractivity contribution in [1.29, 1.82) is 5.41 Å². The minimum Gasteiger partial charge on any atom is -0.493 e. The lowest BCUT2D eigenvalue weighted by atomic mass is 9.94. The zero-order chi connectivity index (χ0) is 14.7. The predicted molar refractivity (Wildman–Crippen MR) is 82.2 cm³/mol. The van der Waals surface area contributed by atoms with Crippen molar-refractivity contribution in [3.8, 4) is 11.5 Å². The largest absolute Gasteiger partial charge is 0.493 e. The van der Waals surface area contributed by atoms with Crippen molar-refractivity contribution in [1.82, 2.24) is 0 Å². The normalized spacial score (nSPS) is 16.7. The van der Waals surface area contributed by atoms with Crippen molar-refractivity contribution >= 4 is 5.84 Å². The maximum absolute atomic E-state index is 7.46. The predicted octanol–water partition coefficient (Wildman–Crippen LogP) is 2.92. The van der Waals surface area contributed by atoms with Crippen LogP contribution in [0.2, 0.25) is 0 Å². The van der Waals surface area contributed by atoms with E-state index in [1.54, 1.807) is 12.1 Å².